The molecule has 0 fully saturated rings. The van der Waals surface area contributed by atoms with Crippen molar-refractivity contribution < 1.29 is 14.6 Å². The SMILES string of the molecule is Cc1ccc(-c2ccc(CCO)cc2)c(CCOC=O)c1. The van der Waals surface area contributed by atoms with Crippen molar-refractivity contribution in [1.82, 2.24) is 0 Å². The van der Waals surface area contributed by atoms with Gasteiger partial charge in [0, 0.05) is 13.0 Å². The van der Waals surface area contributed by atoms with Gasteiger partial charge in [0.25, 0.3) is 6.47 Å². The molecule has 0 aromatic heterocycles. The quantitative estimate of drug-likeness (QED) is 0.628. The smallest absolute Gasteiger partial charge is 0.293 e. The first-order valence-corrected chi connectivity index (χ1v) is 7.09. The molecule has 0 bridgehead atoms. The summed E-state index contributed by atoms with van der Waals surface area (Å²) in [6.45, 7) is 3.10. The Morgan fingerprint density at radius 2 is 1.86 bits per heavy atom. The van der Waals surface area contributed by atoms with Gasteiger partial charge >= 0.3 is 0 Å². The fourth-order valence-corrected chi connectivity index (χ4v) is 2.41. The summed E-state index contributed by atoms with van der Waals surface area (Å²) in [4.78, 5) is 10.3. The van der Waals surface area contributed by atoms with Crippen LogP contribution in [0.3, 0.4) is 0 Å². The van der Waals surface area contributed by atoms with E-state index < -0.39 is 0 Å². The number of ether oxygens (including phenoxy) is 1. The zero-order valence-corrected chi connectivity index (χ0v) is 12.2. The summed E-state index contributed by atoms with van der Waals surface area (Å²) in [5, 5.41) is 8.96. The van der Waals surface area contributed by atoms with Gasteiger partial charge in [-0.05, 0) is 35.6 Å². The van der Waals surface area contributed by atoms with Gasteiger partial charge in [-0.3, -0.25) is 4.79 Å². The van der Waals surface area contributed by atoms with Gasteiger partial charge in [0.1, 0.15) is 0 Å². The van der Waals surface area contributed by atoms with Gasteiger partial charge in [0.15, 0.2) is 0 Å². The zero-order valence-electron chi connectivity index (χ0n) is 12.2. The van der Waals surface area contributed by atoms with Crippen molar-refractivity contribution in [2.24, 2.45) is 0 Å². The molecule has 21 heavy (non-hydrogen) atoms. The Morgan fingerprint density at radius 3 is 2.52 bits per heavy atom. The predicted octanol–water partition coefficient (Wildman–Crippen LogP) is 2.91. The number of benzene rings is 2. The van der Waals surface area contributed by atoms with Gasteiger partial charge in [-0.25, -0.2) is 0 Å². The highest BCUT2D eigenvalue weighted by Crippen LogP contribution is 2.25. The summed E-state index contributed by atoms with van der Waals surface area (Å²) < 4.78 is 4.81. The molecular weight excluding hydrogens is 264 g/mol. The van der Waals surface area contributed by atoms with Crippen LogP contribution in [0, 0.1) is 6.92 Å². The highest BCUT2D eigenvalue weighted by atomic mass is 16.5. The van der Waals surface area contributed by atoms with E-state index in [1.807, 2.05) is 12.1 Å². The Kier molecular flexibility index (Phi) is 5.52. The van der Waals surface area contributed by atoms with Gasteiger partial charge in [-0.1, -0.05) is 48.0 Å². The van der Waals surface area contributed by atoms with Crippen molar-refractivity contribution >= 4 is 6.47 Å². The number of carbonyl (C=O) groups excluding carboxylic acids is 1. The summed E-state index contributed by atoms with van der Waals surface area (Å²) in [6, 6.07) is 14.5. The molecule has 2 rings (SSSR count). The Hall–Kier alpha value is -2.13. The standard InChI is InChI=1S/C18H20O3/c1-14-2-7-18(17(12-14)9-11-21-13-20)16-5-3-15(4-6-16)8-10-19/h2-7,12-13,19H,8-11H2,1H3. The van der Waals surface area contributed by atoms with E-state index in [4.69, 9.17) is 9.84 Å². The summed E-state index contributed by atoms with van der Waals surface area (Å²) in [7, 11) is 0. The Labute approximate surface area is 125 Å². The van der Waals surface area contributed by atoms with Crippen LogP contribution in [0.4, 0.5) is 0 Å². The largest absolute Gasteiger partial charge is 0.468 e. The van der Waals surface area contributed by atoms with E-state index in [0.29, 0.717) is 25.9 Å². The lowest BCUT2D eigenvalue weighted by molar-refractivity contribution is -0.128. The van der Waals surface area contributed by atoms with Crippen LogP contribution in [-0.4, -0.2) is 24.8 Å². The second-order valence-corrected chi connectivity index (χ2v) is 5.05. The molecule has 0 saturated heterocycles. The molecule has 2 aromatic carbocycles. The summed E-state index contributed by atoms with van der Waals surface area (Å²) in [6.07, 6.45) is 1.38. The minimum Gasteiger partial charge on any atom is -0.468 e. The number of carbonyl (C=O) groups is 1. The average Bonchev–Trinajstić information content (AvgIpc) is 2.49. The minimum absolute atomic E-state index is 0.165. The van der Waals surface area contributed by atoms with Crippen LogP contribution in [0.15, 0.2) is 42.5 Å². The monoisotopic (exact) mass is 284 g/mol. The van der Waals surface area contributed by atoms with Crippen molar-refractivity contribution in [3.05, 3.63) is 59.2 Å². The number of aliphatic hydroxyl groups is 1. The molecule has 3 nitrogen and oxygen atoms in total. The molecule has 0 heterocycles. The van der Waals surface area contributed by atoms with E-state index in [1.165, 1.54) is 11.1 Å². The third-order valence-corrected chi connectivity index (χ3v) is 3.48. The lowest BCUT2D eigenvalue weighted by atomic mass is 9.95. The van der Waals surface area contributed by atoms with Gasteiger partial charge in [0.05, 0.1) is 6.61 Å². The first kappa shape index (κ1) is 15.3. The molecule has 0 amide bonds. The van der Waals surface area contributed by atoms with Crippen LogP contribution in [0.2, 0.25) is 0 Å². The molecule has 0 aliphatic carbocycles. The summed E-state index contributed by atoms with van der Waals surface area (Å²) in [5.41, 5.74) is 5.78. The maximum absolute atomic E-state index is 10.3. The molecule has 0 unspecified atom stereocenters. The third-order valence-electron chi connectivity index (χ3n) is 3.48. The highest BCUT2D eigenvalue weighted by Gasteiger charge is 2.06. The predicted molar refractivity (Wildman–Crippen MR) is 83.1 cm³/mol. The van der Waals surface area contributed by atoms with Crippen molar-refractivity contribution in [2.45, 2.75) is 19.8 Å². The van der Waals surface area contributed by atoms with E-state index >= 15 is 0 Å². The molecule has 0 atom stereocenters. The first-order chi connectivity index (χ1) is 10.2. The van der Waals surface area contributed by atoms with Crippen LogP contribution < -0.4 is 0 Å². The van der Waals surface area contributed by atoms with Gasteiger partial charge in [-0.15, -0.1) is 0 Å². The molecule has 2 aromatic rings. The Balaban J connectivity index is 2.26. The van der Waals surface area contributed by atoms with E-state index in [0.717, 1.165) is 16.7 Å². The molecular formula is C18H20O3. The van der Waals surface area contributed by atoms with Gasteiger partial charge in [-0.2, -0.15) is 0 Å². The molecule has 0 radical (unpaired) electrons. The van der Waals surface area contributed by atoms with Gasteiger partial charge < -0.3 is 9.84 Å². The lowest BCUT2D eigenvalue weighted by Crippen LogP contribution is -1.99. The molecule has 110 valence electrons. The number of rotatable bonds is 7. The number of hydrogen-bond donors (Lipinski definition) is 1. The Bertz CT molecular complexity index is 588. The zero-order chi connectivity index (χ0) is 15.1. The minimum atomic E-state index is 0.165. The lowest BCUT2D eigenvalue weighted by Gasteiger charge is -2.11. The van der Waals surface area contributed by atoms with Crippen molar-refractivity contribution in [3.8, 4) is 11.1 Å². The second-order valence-electron chi connectivity index (χ2n) is 5.05. The molecule has 0 spiro atoms. The van der Waals surface area contributed by atoms with Crippen LogP contribution in [-0.2, 0) is 22.4 Å². The summed E-state index contributed by atoms with van der Waals surface area (Å²) in [5.74, 6) is 0. The maximum Gasteiger partial charge on any atom is 0.293 e. The highest BCUT2D eigenvalue weighted by molar-refractivity contribution is 5.68. The van der Waals surface area contributed by atoms with Crippen LogP contribution >= 0.6 is 0 Å². The van der Waals surface area contributed by atoms with E-state index in [2.05, 4.69) is 37.3 Å². The van der Waals surface area contributed by atoms with E-state index in [-0.39, 0.29) is 6.61 Å². The molecule has 1 N–H and O–H groups in total. The van der Waals surface area contributed by atoms with Crippen molar-refractivity contribution in [2.75, 3.05) is 13.2 Å². The maximum atomic E-state index is 10.3. The van der Waals surface area contributed by atoms with Crippen molar-refractivity contribution in [3.63, 3.8) is 0 Å². The molecule has 3 heteroatoms. The second kappa shape index (κ2) is 7.60. The first-order valence-electron chi connectivity index (χ1n) is 7.09. The fourth-order valence-electron chi connectivity index (χ4n) is 2.41. The third kappa shape index (κ3) is 4.17. The average molecular weight is 284 g/mol. The number of aryl methyl sites for hydroxylation is 1. The van der Waals surface area contributed by atoms with Crippen LogP contribution in [0.5, 0.6) is 0 Å². The van der Waals surface area contributed by atoms with E-state index in [9.17, 15) is 4.79 Å². The number of aliphatic hydroxyl groups excluding tert-OH is 1. The molecule has 0 aliphatic heterocycles. The van der Waals surface area contributed by atoms with Crippen LogP contribution in [0.25, 0.3) is 11.1 Å². The normalized spacial score (nSPS) is 10.4. The van der Waals surface area contributed by atoms with Gasteiger partial charge in [0.2, 0.25) is 0 Å². The topological polar surface area (TPSA) is 46.5 Å². The molecule has 0 saturated carbocycles. The van der Waals surface area contributed by atoms with E-state index in [1.54, 1.807) is 0 Å². The summed E-state index contributed by atoms with van der Waals surface area (Å²) >= 11 is 0. The Morgan fingerprint density at radius 1 is 1.10 bits per heavy atom. The fraction of sp³-hybridized carbons (Fsp3) is 0.278. The van der Waals surface area contributed by atoms with Crippen LogP contribution in [0.1, 0.15) is 16.7 Å². The number of hydrogen-bond acceptors (Lipinski definition) is 3. The van der Waals surface area contributed by atoms with Crippen molar-refractivity contribution in [1.29, 1.82) is 0 Å². The molecule has 0 aliphatic rings.